The van der Waals surface area contributed by atoms with Crippen LogP contribution in [0.25, 0.3) is 0 Å². The summed E-state index contributed by atoms with van der Waals surface area (Å²) in [6.07, 6.45) is 4.50. The van der Waals surface area contributed by atoms with Crippen LogP contribution < -0.4 is 21.3 Å². The third-order valence-electron chi connectivity index (χ3n) is 9.64. The van der Waals surface area contributed by atoms with Crippen molar-refractivity contribution < 1.29 is 0 Å². The molecule has 4 N–H and O–H groups in total. The number of likely N-dealkylation sites (N-methyl/N-ethyl adjacent to an activating group) is 2. The number of rotatable bonds is 14. The van der Waals surface area contributed by atoms with Crippen LogP contribution in [0.1, 0.15) is 109 Å². The Kier molecular flexibility index (Phi) is 12.2. The summed E-state index contributed by atoms with van der Waals surface area (Å²) in [6.45, 7) is 33.2. The van der Waals surface area contributed by atoms with E-state index in [9.17, 15) is 0 Å². The summed E-state index contributed by atoms with van der Waals surface area (Å²) >= 11 is 6.48. The fourth-order valence-corrected chi connectivity index (χ4v) is 8.98. The maximum Gasteiger partial charge on any atom is 0.228 e. The van der Waals surface area contributed by atoms with E-state index in [0.29, 0.717) is 35.8 Å². The number of nitrogens with zero attached hydrogens (tertiary/aromatic N) is 5. The van der Waals surface area contributed by atoms with E-state index >= 15 is 0 Å². The van der Waals surface area contributed by atoms with Crippen molar-refractivity contribution in [1.29, 1.82) is 0 Å². The average Bonchev–Trinajstić information content (AvgIpc) is 2.85. The first-order valence-electron chi connectivity index (χ1n) is 16.9. The molecule has 1 aromatic heterocycles. The molecule has 9 nitrogen and oxygen atoms in total. The van der Waals surface area contributed by atoms with Crippen LogP contribution in [-0.4, -0.2) is 98.3 Å². The molecule has 2 aliphatic heterocycles. The van der Waals surface area contributed by atoms with Crippen molar-refractivity contribution in [3.8, 4) is 0 Å². The Morgan fingerprint density at radius 3 is 1.21 bits per heavy atom. The Balaban J connectivity index is 1.78. The van der Waals surface area contributed by atoms with Gasteiger partial charge in [-0.25, -0.2) is 0 Å². The fraction of sp³-hybridized carbons (Fsp3) is 0.909. The number of halogens is 1. The largest absolute Gasteiger partial charge is 0.352 e. The van der Waals surface area contributed by atoms with Crippen molar-refractivity contribution in [3.63, 3.8) is 0 Å². The Morgan fingerprint density at radius 1 is 0.628 bits per heavy atom. The van der Waals surface area contributed by atoms with Gasteiger partial charge in [0.05, 0.1) is 0 Å². The molecule has 0 aromatic carbocycles. The first-order chi connectivity index (χ1) is 19.9. The molecule has 2 unspecified atom stereocenters. The molecule has 2 saturated heterocycles. The van der Waals surface area contributed by atoms with Gasteiger partial charge in [-0.05, 0) is 131 Å². The van der Waals surface area contributed by atoms with Crippen LogP contribution in [0.2, 0.25) is 5.28 Å². The Bertz CT molecular complexity index is 911. The van der Waals surface area contributed by atoms with Crippen LogP contribution in [0.3, 0.4) is 0 Å². The van der Waals surface area contributed by atoms with Crippen LogP contribution in [-0.2, 0) is 0 Å². The third kappa shape index (κ3) is 10.4. The molecule has 248 valence electrons. The predicted octanol–water partition coefficient (Wildman–Crippen LogP) is 5.88. The lowest BCUT2D eigenvalue weighted by Crippen LogP contribution is -2.61. The van der Waals surface area contributed by atoms with E-state index < -0.39 is 0 Å². The number of piperidine rings is 2. The van der Waals surface area contributed by atoms with Crippen LogP contribution >= 0.6 is 11.6 Å². The first kappa shape index (κ1) is 36.2. The highest BCUT2D eigenvalue weighted by molar-refractivity contribution is 6.28. The third-order valence-corrected chi connectivity index (χ3v) is 9.81. The molecule has 10 heteroatoms. The van der Waals surface area contributed by atoms with Crippen molar-refractivity contribution in [3.05, 3.63) is 5.28 Å². The van der Waals surface area contributed by atoms with E-state index in [-0.39, 0.29) is 27.4 Å². The summed E-state index contributed by atoms with van der Waals surface area (Å²) in [5.41, 5.74) is 0.356. The van der Waals surface area contributed by atoms with Gasteiger partial charge in [-0.3, -0.25) is 9.80 Å². The van der Waals surface area contributed by atoms with E-state index in [2.05, 4.69) is 124 Å². The van der Waals surface area contributed by atoms with E-state index in [4.69, 9.17) is 16.6 Å². The lowest BCUT2D eigenvalue weighted by Gasteiger charge is -2.50. The van der Waals surface area contributed by atoms with E-state index in [0.717, 1.165) is 65.0 Å². The van der Waals surface area contributed by atoms with Gasteiger partial charge in [0.25, 0.3) is 0 Å². The molecule has 2 aliphatic rings. The molecule has 43 heavy (non-hydrogen) atoms. The van der Waals surface area contributed by atoms with Gasteiger partial charge in [-0.1, -0.05) is 27.7 Å². The lowest BCUT2D eigenvalue weighted by atomic mass is 9.72. The van der Waals surface area contributed by atoms with Crippen LogP contribution in [0.15, 0.2) is 0 Å². The zero-order chi connectivity index (χ0) is 32.2. The van der Waals surface area contributed by atoms with Gasteiger partial charge in [-0.15, -0.1) is 0 Å². The second kappa shape index (κ2) is 14.4. The van der Waals surface area contributed by atoms with Crippen molar-refractivity contribution in [2.45, 2.75) is 143 Å². The minimum absolute atomic E-state index is 0.0889. The van der Waals surface area contributed by atoms with Crippen molar-refractivity contribution >= 4 is 23.5 Å². The molecule has 1 aromatic rings. The number of aromatic nitrogens is 3. The highest BCUT2D eigenvalue weighted by Gasteiger charge is 2.43. The first-order valence-corrected chi connectivity index (χ1v) is 17.3. The molecular weight excluding hydrogens is 558 g/mol. The topological polar surface area (TPSA) is 93.3 Å². The van der Waals surface area contributed by atoms with Gasteiger partial charge in [0.15, 0.2) is 0 Å². The molecular formula is C33H64ClN9. The summed E-state index contributed by atoms with van der Waals surface area (Å²) in [6, 6.07) is 0.725. The average molecular weight is 622 g/mol. The van der Waals surface area contributed by atoms with Gasteiger partial charge in [0.2, 0.25) is 17.2 Å². The van der Waals surface area contributed by atoms with Gasteiger partial charge in [0, 0.05) is 47.3 Å². The lowest BCUT2D eigenvalue weighted by molar-refractivity contribution is 0.0609. The molecule has 2 atom stereocenters. The number of hydrogen-bond acceptors (Lipinski definition) is 9. The summed E-state index contributed by atoms with van der Waals surface area (Å²) in [5, 5.41) is 15.1. The molecule has 3 rings (SSSR count). The molecule has 0 aliphatic carbocycles. The minimum atomic E-state index is 0.0889. The van der Waals surface area contributed by atoms with Crippen LogP contribution in [0, 0.1) is 11.8 Å². The number of hydrogen-bond donors (Lipinski definition) is 4. The second-order valence-corrected chi connectivity index (χ2v) is 16.1. The van der Waals surface area contributed by atoms with E-state index in [1.165, 1.54) is 0 Å². The van der Waals surface area contributed by atoms with Gasteiger partial charge >= 0.3 is 0 Å². The van der Waals surface area contributed by atoms with E-state index in [1.807, 2.05) is 0 Å². The highest BCUT2D eigenvalue weighted by Crippen LogP contribution is 2.37. The van der Waals surface area contributed by atoms with Crippen LogP contribution in [0.4, 0.5) is 11.9 Å². The Hall–Kier alpha value is -1.26. The van der Waals surface area contributed by atoms with Gasteiger partial charge in [-0.2, -0.15) is 15.0 Å². The summed E-state index contributed by atoms with van der Waals surface area (Å²) in [7, 11) is 0. The zero-order valence-corrected chi connectivity index (χ0v) is 30.3. The standard InChI is InChI=1S/C33H64ClN9/c1-13-42(14-2)25(23-17-30(5,6)40-31(7,8)18-23)21-35-28-37-27(34)38-29(39-28)36-22-26(43(15-3)16-4)24-19-32(9,10)41-33(11,12)20-24/h23-26,40-41H,13-22H2,1-12H3,(H2,35,36,37,38,39). The van der Waals surface area contributed by atoms with Gasteiger partial charge in [0.1, 0.15) is 0 Å². The predicted molar refractivity (Wildman–Crippen MR) is 183 cm³/mol. The van der Waals surface area contributed by atoms with Crippen molar-refractivity contribution in [2.75, 3.05) is 49.9 Å². The van der Waals surface area contributed by atoms with Crippen molar-refractivity contribution in [1.82, 2.24) is 35.4 Å². The number of nitrogens with one attached hydrogen (secondary N) is 4. The second-order valence-electron chi connectivity index (χ2n) is 15.7. The van der Waals surface area contributed by atoms with Crippen molar-refractivity contribution in [2.24, 2.45) is 11.8 Å². The minimum Gasteiger partial charge on any atom is -0.352 e. The van der Waals surface area contributed by atoms with Gasteiger partial charge < -0.3 is 21.3 Å². The molecule has 0 radical (unpaired) electrons. The highest BCUT2D eigenvalue weighted by atomic mass is 35.5. The zero-order valence-electron chi connectivity index (χ0n) is 29.5. The summed E-state index contributed by atoms with van der Waals surface area (Å²) in [5.74, 6) is 2.16. The maximum absolute atomic E-state index is 6.48. The molecule has 2 fully saturated rings. The summed E-state index contributed by atoms with van der Waals surface area (Å²) < 4.78 is 0. The fourth-order valence-electron chi connectivity index (χ4n) is 8.82. The normalized spacial score (nSPS) is 23.3. The Morgan fingerprint density at radius 2 is 0.930 bits per heavy atom. The van der Waals surface area contributed by atoms with Crippen LogP contribution in [0.5, 0.6) is 0 Å². The summed E-state index contributed by atoms with van der Waals surface area (Å²) in [4.78, 5) is 18.9. The molecule has 0 spiro atoms. The smallest absolute Gasteiger partial charge is 0.228 e. The molecule has 0 amide bonds. The maximum atomic E-state index is 6.48. The molecule has 3 heterocycles. The monoisotopic (exact) mass is 621 g/mol. The molecule has 0 bridgehead atoms. The molecule has 0 saturated carbocycles. The Labute approximate surface area is 268 Å². The number of anilines is 2. The van der Waals surface area contributed by atoms with E-state index in [1.54, 1.807) is 0 Å². The quantitative estimate of drug-likeness (QED) is 0.203. The SMILES string of the molecule is CCN(CC)C(CNc1nc(Cl)nc(NCC(C2CC(C)(C)NC(C)(C)C2)N(CC)CC)n1)C1CC(C)(C)NC(C)(C)C1.